The number of hydrogen-bond donors (Lipinski definition) is 3. The van der Waals surface area contributed by atoms with Gasteiger partial charge in [0.1, 0.15) is 28.5 Å². The molecule has 43 heavy (non-hydrogen) atoms. The summed E-state index contributed by atoms with van der Waals surface area (Å²) < 4.78 is 11.8. The molecule has 0 bridgehead atoms. The molecular weight excluding hydrogens is 548 g/mol. The van der Waals surface area contributed by atoms with E-state index < -0.39 is 34.8 Å². The Morgan fingerprint density at radius 2 is 1.79 bits per heavy atom. The van der Waals surface area contributed by atoms with Gasteiger partial charge in [-0.25, -0.2) is 4.79 Å². The van der Waals surface area contributed by atoms with Crippen LogP contribution in [0.4, 0.5) is 4.79 Å². The summed E-state index contributed by atoms with van der Waals surface area (Å²) in [7, 11) is 0. The van der Waals surface area contributed by atoms with Crippen LogP contribution in [0.25, 0.3) is 10.9 Å². The van der Waals surface area contributed by atoms with E-state index in [1.54, 1.807) is 51.7 Å². The van der Waals surface area contributed by atoms with Crippen molar-refractivity contribution in [2.24, 2.45) is 0 Å². The number of amides is 3. The second-order valence-electron chi connectivity index (χ2n) is 13.1. The van der Waals surface area contributed by atoms with E-state index in [-0.39, 0.29) is 31.1 Å². The number of fused-ring (bicyclic) bond motifs is 2. The fourth-order valence-electron chi connectivity index (χ4n) is 5.85. The summed E-state index contributed by atoms with van der Waals surface area (Å²) in [5, 5.41) is 6.50. The highest BCUT2D eigenvalue weighted by Gasteiger charge is 2.46. The number of nitrogens with zero attached hydrogens (tertiary/aromatic N) is 1. The number of piperidine rings is 1. The molecule has 2 aromatic carbocycles. The van der Waals surface area contributed by atoms with Crippen molar-refractivity contribution < 1.29 is 28.7 Å². The summed E-state index contributed by atoms with van der Waals surface area (Å²) in [6.45, 7) is 9.04. The molecule has 1 fully saturated rings. The summed E-state index contributed by atoms with van der Waals surface area (Å²) >= 11 is 0. The Kier molecular flexibility index (Phi) is 7.98. The van der Waals surface area contributed by atoms with Crippen LogP contribution in [0, 0.1) is 0 Å². The summed E-state index contributed by atoms with van der Waals surface area (Å²) in [5.41, 5.74) is -0.582. The number of benzene rings is 2. The van der Waals surface area contributed by atoms with Crippen molar-refractivity contribution in [3.8, 4) is 5.75 Å². The van der Waals surface area contributed by atoms with Crippen LogP contribution in [0.2, 0.25) is 0 Å². The maximum atomic E-state index is 14.2. The number of rotatable bonds is 6. The number of carbonyl (C=O) groups excluding carboxylic acids is 4. The van der Waals surface area contributed by atoms with Gasteiger partial charge in [0.2, 0.25) is 11.8 Å². The quantitative estimate of drug-likeness (QED) is 0.388. The van der Waals surface area contributed by atoms with E-state index in [1.807, 2.05) is 42.6 Å². The van der Waals surface area contributed by atoms with Crippen LogP contribution in [0.5, 0.6) is 5.75 Å². The van der Waals surface area contributed by atoms with Crippen LogP contribution in [-0.4, -0.2) is 69.4 Å². The molecule has 0 saturated carbocycles. The normalized spacial score (nSPS) is 19.4. The molecule has 228 valence electrons. The molecule has 3 N–H and O–H groups in total. The smallest absolute Gasteiger partial charge is 0.408 e. The number of H-pyrrole nitrogens is 1. The first-order valence-corrected chi connectivity index (χ1v) is 14.7. The van der Waals surface area contributed by atoms with Crippen molar-refractivity contribution in [3.63, 3.8) is 0 Å². The number of carbonyl (C=O) groups is 4. The van der Waals surface area contributed by atoms with Gasteiger partial charge in [-0.05, 0) is 71.2 Å². The Balaban J connectivity index is 1.39. The lowest BCUT2D eigenvalue weighted by atomic mass is 9.83. The van der Waals surface area contributed by atoms with Gasteiger partial charge in [-0.1, -0.05) is 30.3 Å². The van der Waals surface area contributed by atoms with Gasteiger partial charge in [-0.2, -0.15) is 0 Å². The van der Waals surface area contributed by atoms with E-state index in [9.17, 15) is 19.2 Å². The number of hydrogen-bond acceptors (Lipinski definition) is 6. The number of aromatic nitrogens is 1. The van der Waals surface area contributed by atoms with Crippen molar-refractivity contribution >= 4 is 34.6 Å². The number of ketones is 1. The maximum Gasteiger partial charge on any atom is 0.408 e. The molecule has 1 saturated heterocycles. The van der Waals surface area contributed by atoms with Crippen molar-refractivity contribution in [2.45, 2.75) is 83.1 Å². The molecular formula is C33H40N4O6. The zero-order valence-corrected chi connectivity index (χ0v) is 25.4. The van der Waals surface area contributed by atoms with Crippen LogP contribution < -0.4 is 15.4 Å². The van der Waals surface area contributed by atoms with Crippen molar-refractivity contribution in [2.75, 3.05) is 13.1 Å². The minimum atomic E-state index is -1.37. The maximum absolute atomic E-state index is 14.2. The molecule has 3 aromatic rings. The van der Waals surface area contributed by atoms with Crippen LogP contribution in [-0.2, 0) is 20.7 Å². The predicted octanol–water partition coefficient (Wildman–Crippen LogP) is 4.53. The van der Waals surface area contributed by atoms with E-state index in [4.69, 9.17) is 9.47 Å². The summed E-state index contributed by atoms with van der Waals surface area (Å²) in [5.74, 6) is -0.275. The molecule has 0 aliphatic carbocycles. The number of alkyl carbamates (subject to hydrolysis) is 1. The Morgan fingerprint density at radius 1 is 1.07 bits per heavy atom. The molecule has 2 aliphatic heterocycles. The minimum absolute atomic E-state index is 0.00485. The molecule has 3 heterocycles. The predicted molar refractivity (Wildman–Crippen MR) is 162 cm³/mol. The third kappa shape index (κ3) is 6.68. The second kappa shape index (κ2) is 11.4. The lowest BCUT2D eigenvalue weighted by molar-refractivity contribution is -0.142. The first kappa shape index (κ1) is 30.1. The Labute approximate surface area is 251 Å². The average molecular weight is 589 g/mol. The number of aromatic amines is 1. The number of likely N-dealkylation sites (tertiary alicyclic amines) is 1. The fourth-order valence-corrected chi connectivity index (χ4v) is 5.85. The molecule has 0 radical (unpaired) electrons. The topological polar surface area (TPSA) is 130 Å². The number of ether oxygens (including phenoxy) is 2. The summed E-state index contributed by atoms with van der Waals surface area (Å²) in [6, 6.07) is 14.0. The van der Waals surface area contributed by atoms with E-state index >= 15 is 0 Å². The number of nitrogens with one attached hydrogen (secondary N) is 3. The molecule has 3 amide bonds. The molecule has 0 unspecified atom stereocenters. The van der Waals surface area contributed by atoms with Crippen molar-refractivity contribution in [1.82, 2.24) is 20.5 Å². The third-order valence-electron chi connectivity index (χ3n) is 7.93. The highest BCUT2D eigenvalue weighted by molar-refractivity contribution is 6.00. The lowest BCUT2D eigenvalue weighted by Crippen LogP contribution is -2.62. The van der Waals surface area contributed by atoms with E-state index in [1.165, 1.54) is 0 Å². The molecule has 1 spiro atoms. The van der Waals surface area contributed by atoms with Gasteiger partial charge in [0, 0.05) is 30.1 Å². The molecule has 10 nitrogen and oxygen atoms in total. The number of para-hydroxylation sites is 2. The molecule has 1 aromatic heterocycles. The fraction of sp³-hybridized carbons (Fsp3) is 0.455. The molecule has 2 aliphatic rings. The van der Waals surface area contributed by atoms with Crippen molar-refractivity contribution in [3.05, 3.63) is 65.9 Å². The molecule has 5 rings (SSSR count). The zero-order chi connectivity index (χ0) is 31.0. The monoisotopic (exact) mass is 588 g/mol. The third-order valence-corrected chi connectivity index (χ3v) is 7.93. The van der Waals surface area contributed by atoms with E-state index in [2.05, 4.69) is 15.6 Å². The number of Topliss-reactive ketones (excluding diaryl/α,β-unsaturated/α-hetero) is 1. The van der Waals surface area contributed by atoms with Crippen LogP contribution in [0.15, 0.2) is 54.7 Å². The summed E-state index contributed by atoms with van der Waals surface area (Å²) in [6.07, 6.45) is 2.82. The largest absolute Gasteiger partial charge is 0.484 e. The highest BCUT2D eigenvalue weighted by atomic mass is 16.6. The highest BCUT2D eigenvalue weighted by Crippen LogP contribution is 2.38. The van der Waals surface area contributed by atoms with Gasteiger partial charge < -0.3 is 30.0 Å². The van der Waals surface area contributed by atoms with Gasteiger partial charge in [0.05, 0.1) is 18.5 Å². The SMILES string of the molecule is CC(C)(C)OC(=O)NC(C)(C)C(=O)N[C@H](Cc1c[nH]c2ccccc12)C(=O)N1CCC[C@]2(CC(=O)c3ccccc3O2)C1. The zero-order valence-electron chi connectivity index (χ0n) is 25.4. The van der Waals surface area contributed by atoms with Gasteiger partial charge in [0.15, 0.2) is 5.78 Å². The van der Waals surface area contributed by atoms with Crippen molar-refractivity contribution in [1.29, 1.82) is 0 Å². The first-order valence-electron chi connectivity index (χ1n) is 14.7. The van der Waals surface area contributed by atoms with E-state index in [0.29, 0.717) is 30.7 Å². The molecule has 10 heteroatoms. The van der Waals surface area contributed by atoms with Gasteiger partial charge in [0.25, 0.3) is 0 Å². The van der Waals surface area contributed by atoms with Gasteiger partial charge >= 0.3 is 6.09 Å². The van der Waals surface area contributed by atoms with Crippen LogP contribution in [0.1, 0.15) is 69.8 Å². The molecule has 2 atom stereocenters. The lowest BCUT2D eigenvalue weighted by Gasteiger charge is -2.45. The van der Waals surface area contributed by atoms with Gasteiger partial charge in [-0.3, -0.25) is 14.4 Å². The van der Waals surface area contributed by atoms with Crippen LogP contribution >= 0.6 is 0 Å². The van der Waals surface area contributed by atoms with E-state index in [0.717, 1.165) is 16.5 Å². The van der Waals surface area contributed by atoms with Gasteiger partial charge in [-0.15, -0.1) is 0 Å². The Morgan fingerprint density at radius 3 is 2.56 bits per heavy atom. The first-order chi connectivity index (χ1) is 20.3. The Hall–Kier alpha value is -4.34. The average Bonchev–Trinajstić information content (AvgIpc) is 3.33. The standard InChI is InChI=1S/C33H40N4O6/c1-31(2,3)43-30(41)36-32(4,5)29(40)35-25(17-21-19-34-24-13-8-6-11-22(21)24)28(39)37-16-10-15-33(20-37)18-26(38)23-12-7-9-14-27(23)42-33/h6-9,11-14,19,25,34H,10,15-18,20H2,1-5H3,(H,35,40)(H,36,41)/t25-,33+/m1/s1. The minimum Gasteiger partial charge on any atom is -0.484 e. The second-order valence-corrected chi connectivity index (χ2v) is 13.1. The summed E-state index contributed by atoms with van der Waals surface area (Å²) in [4.78, 5) is 58.3. The van der Waals surface area contributed by atoms with Crippen LogP contribution in [0.3, 0.4) is 0 Å². The Bertz CT molecular complexity index is 1550.